The van der Waals surface area contributed by atoms with E-state index in [-0.39, 0.29) is 0 Å². The van der Waals surface area contributed by atoms with E-state index in [1.54, 1.807) is 14.0 Å². The number of rotatable bonds is 5. The third-order valence-corrected chi connectivity index (χ3v) is 4.44. The molecule has 1 aliphatic rings. The highest BCUT2D eigenvalue weighted by molar-refractivity contribution is 9.10. The van der Waals surface area contributed by atoms with Gasteiger partial charge in [-0.15, -0.1) is 0 Å². The topological polar surface area (TPSA) is 53.0 Å². The van der Waals surface area contributed by atoms with Crippen LogP contribution in [0, 0.1) is 0 Å². The van der Waals surface area contributed by atoms with Crippen molar-refractivity contribution in [2.75, 3.05) is 33.3 Å². The van der Waals surface area contributed by atoms with Crippen LogP contribution in [0.3, 0.4) is 0 Å². The molecule has 0 saturated carbocycles. The minimum Gasteiger partial charge on any atom is -0.496 e. The van der Waals surface area contributed by atoms with Crippen LogP contribution in [-0.2, 0) is 11.3 Å². The van der Waals surface area contributed by atoms with E-state index in [1.807, 2.05) is 17.0 Å². The van der Waals surface area contributed by atoms with E-state index in [0.29, 0.717) is 0 Å². The number of hydrogen-bond donors (Lipinski definition) is 1. The first-order valence-electron chi connectivity index (χ1n) is 7.03. The molecule has 21 heavy (non-hydrogen) atoms. The second-order valence-electron chi connectivity index (χ2n) is 5.28. The van der Waals surface area contributed by atoms with E-state index in [1.165, 1.54) is 0 Å². The second kappa shape index (κ2) is 7.24. The number of halogens is 1. The van der Waals surface area contributed by atoms with Gasteiger partial charge >= 0.3 is 5.97 Å². The highest BCUT2D eigenvalue weighted by Crippen LogP contribution is 2.24. The first kappa shape index (κ1) is 16.3. The number of carbonyl (C=O) groups is 1. The SMILES string of the molecule is COc1ccc(Br)cc1CN1CCN(C(C)C(=O)O)CC1. The van der Waals surface area contributed by atoms with Crippen LogP contribution in [0.15, 0.2) is 22.7 Å². The molecule has 1 unspecified atom stereocenters. The van der Waals surface area contributed by atoms with Gasteiger partial charge in [-0.25, -0.2) is 0 Å². The van der Waals surface area contributed by atoms with Crippen LogP contribution >= 0.6 is 15.9 Å². The van der Waals surface area contributed by atoms with Gasteiger partial charge in [-0.1, -0.05) is 15.9 Å². The molecular formula is C15H21BrN2O3. The van der Waals surface area contributed by atoms with Gasteiger partial charge in [0.05, 0.1) is 7.11 Å². The summed E-state index contributed by atoms with van der Waals surface area (Å²) in [6.07, 6.45) is 0. The van der Waals surface area contributed by atoms with Crippen molar-refractivity contribution in [2.45, 2.75) is 19.5 Å². The molecule has 0 aliphatic carbocycles. The summed E-state index contributed by atoms with van der Waals surface area (Å²) in [5.41, 5.74) is 1.15. The molecule has 1 aromatic carbocycles. The van der Waals surface area contributed by atoms with Crippen molar-refractivity contribution in [3.05, 3.63) is 28.2 Å². The normalized spacial score (nSPS) is 18.4. The lowest BCUT2D eigenvalue weighted by Gasteiger charge is -2.36. The Balaban J connectivity index is 1.95. The Labute approximate surface area is 133 Å². The second-order valence-corrected chi connectivity index (χ2v) is 6.20. The van der Waals surface area contributed by atoms with Crippen LogP contribution in [0.1, 0.15) is 12.5 Å². The lowest BCUT2D eigenvalue weighted by atomic mass is 10.1. The zero-order chi connectivity index (χ0) is 15.4. The maximum absolute atomic E-state index is 11.0. The summed E-state index contributed by atoms with van der Waals surface area (Å²) >= 11 is 3.49. The van der Waals surface area contributed by atoms with Crippen molar-refractivity contribution in [3.8, 4) is 5.75 Å². The summed E-state index contributed by atoms with van der Waals surface area (Å²) in [5.74, 6) is 0.136. The van der Waals surface area contributed by atoms with Crippen molar-refractivity contribution < 1.29 is 14.6 Å². The molecule has 1 heterocycles. The predicted molar refractivity (Wildman–Crippen MR) is 84.6 cm³/mol. The quantitative estimate of drug-likeness (QED) is 0.874. The van der Waals surface area contributed by atoms with Crippen LogP contribution in [0.2, 0.25) is 0 Å². The van der Waals surface area contributed by atoms with Crippen molar-refractivity contribution in [1.82, 2.24) is 9.80 Å². The number of nitrogens with zero attached hydrogens (tertiary/aromatic N) is 2. The van der Waals surface area contributed by atoms with Crippen molar-refractivity contribution >= 4 is 21.9 Å². The highest BCUT2D eigenvalue weighted by atomic mass is 79.9. The number of ether oxygens (including phenoxy) is 1. The largest absolute Gasteiger partial charge is 0.496 e. The van der Waals surface area contributed by atoms with Crippen molar-refractivity contribution in [3.63, 3.8) is 0 Å². The molecule has 1 saturated heterocycles. The van der Waals surface area contributed by atoms with Gasteiger partial charge in [0.25, 0.3) is 0 Å². The molecule has 0 amide bonds. The van der Waals surface area contributed by atoms with Crippen LogP contribution in [-0.4, -0.2) is 60.2 Å². The van der Waals surface area contributed by atoms with Gasteiger partial charge in [0, 0.05) is 42.8 Å². The fraction of sp³-hybridized carbons (Fsp3) is 0.533. The maximum atomic E-state index is 11.0. The number of piperazine rings is 1. The van der Waals surface area contributed by atoms with Crippen LogP contribution in [0.25, 0.3) is 0 Å². The Morgan fingerprint density at radius 2 is 2.05 bits per heavy atom. The zero-order valence-corrected chi connectivity index (χ0v) is 14.0. The summed E-state index contributed by atoms with van der Waals surface area (Å²) in [6, 6.07) is 5.59. The first-order chi connectivity index (χ1) is 10.0. The summed E-state index contributed by atoms with van der Waals surface area (Å²) in [4.78, 5) is 15.4. The van der Waals surface area contributed by atoms with Crippen LogP contribution in [0.4, 0.5) is 0 Å². The van der Waals surface area contributed by atoms with Crippen molar-refractivity contribution in [1.29, 1.82) is 0 Å². The molecule has 0 radical (unpaired) electrons. The monoisotopic (exact) mass is 356 g/mol. The summed E-state index contributed by atoms with van der Waals surface area (Å²) in [5, 5.41) is 9.06. The maximum Gasteiger partial charge on any atom is 0.320 e. The molecule has 0 spiro atoms. The number of aliphatic carboxylic acids is 1. The number of carboxylic acid groups (broad SMARTS) is 1. The van der Waals surface area contributed by atoms with Crippen LogP contribution in [0.5, 0.6) is 5.75 Å². The Kier molecular flexibility index (Phi) is 5.61. The highest BCUT2D eigenvalue weighted by Gasteiger charge is 2.25. The molecule has 1 fully saturated rings. The molecule has 0 bridgehead atoms. The zero-order valence-electron chi connectivity index (χ0n) is 12.4. The standard InChI is InChI=1S/C15H21BrN2O3/c1-11(15(19)20)18-7-5-17(6-8-18)10-12-9-13(16)3-4-14(12)21-2/h3-4,9,11H,5-8,10H2,1-2H3,(H,19,20). The number of hydrogen-bond acceptors (Lipinski definition) is 4. The van der Waals surface area contributed by atoms with Crippen LogP contribution < -0.4 is 4.74 Å². The molecule has 116 valence electrons. The van der Waals surface area contributed by atoms with Gasteiger partial charge < -0.3 is 9.84 Å². The molecule has 1 aliphatic heterocycles. The lowest BCUT2D eigenvalue weighted by Crippen LogP contribution is -2.51. The minimum absolute atomic E-state index is 0.410. The average Bonchev–Trinajstić information content (AvgIpc) is 2.47. The smallest absolute Gasteiger partial charge is 0.320 e. The number of methoxy groups -OCH3 is 1. The Morgan fingerprint density at radius 1 is 1.38 bits per heavy atom. The third-order valence-electron chi connectivity index (χ3n) is 3.95. The van der Waals surface area contributed by atoms with E-state index in [2.05, 4.69) is 26.9 Å². The van der Waals surface area contributed by atoms with E-state index in [4.69, 9.17) is 9.84 Å². The van der Waals surface area contributed by atoms with Gasteiger partial charge in [-0.05, 0) is 25.1 Å². The first-order valence-corrected chi connectivity index (χ1v) is 7.82. The molecule has 1 atom stereocenters. The van der Waals surface area contributed by atoms with Crippen molar-refractivity contribution in [2.24, 2.45) is 0 Å². The number of benzene rings is 1. The predicted octanol–water partition coefficient (Wildman–Crippen LogP) is 2.05. The molecule has 0 aromatic heterocycles. The van der Waals surface area contributed by atoms with Gasteiger partial charge in [-0.2, -0.15) is 0 Å². The Morgan fingerprint density at radius 3 is 2.62 bits per heavy atom. The summed E-state index contributed by atoms with van der Waals surface area (Å²) in [7, 11) is 1.68. The molecule has 2 rings (SSSR count). The fourth-order valence-electron chi connectivity index (χ4n) is 2.58. The average molecular weight is 357 g/mol. The van der Waals surface area contributed by atoms with Gasteiger partial charge in [0.2, 0.25) is 0 Å². The molecule has 5 nitrogen and oxygen atoms in total. The number of carboxylic acids is 1. The van der Waals surface area contributed by atoms with E-state index in [9.17, 15) is 4.79 Å². The Bertz CT molecular complexity index is 502. The molecular weight excluding hydrogens is 336 g/mol. The van der Waals surface area contributed by atoms with E-state index < -0.39 is 12.0 Å². The minimum atomic E-state index is -0.753. The van der Waals surface area contributed by atoms with Gasteiger partial charge in [0.15, 0.2) is 0 Å². The summed E-state index contributed by atoms with van der Waals surface area (Å²) in [6.45, 7) is 5.86. The molecule has 1 aromatic rings. The molecule has 6 heteroatoms. The molecule has 1 N–H and O–H groups in total. The lowest BCUT2D eigenvalue weighted by molar-refractivity contribution is -0.143. The fourth-order valence-corrected chi connectivity index (χ4v) is 2.99. The van der Waals surface area contributed by atoms with Gasteiger partial charge in [0.1, 0.15) is 11.8 Å². The van der Waals surface area contributed by atoms with E-state index >= 15 is 0 Å². The Hall–Kier alpha value is -1.11. The van der Waals surface area contributed by atoms with Gasteiger partial charge in [-0.3, -0.25) is 14.6 Å². The third kappa shape index (κ3) is 4.18. The van der Waals surface area contributed by atoms with E-state index in [0.717, 1.165) is 48.5 Å². The summed E-state index contributed by atoms with van der Waals surface area (Å²) < 4.78 is 6.44.